The fourth-order valence-electron chi connectivity index (χ4n) is 3.90. The van der Waals surface area contributed by atoms with E-state index in [-0.39, 0.29) is 17.2 Å². The minimum atomic E-state index is -3.70. The minimum absolute atomic E-state index is 0.140. The zero-order valence-corrected chi connectivity index (χ0v) is 19.4. The first kappa shape index (κ1) is 22.7. The number of nitrogens with zero attached hydrogens (tertiary/aromatic N) is 1. The van der Waals surface area contributed by atoms with Crippen LogP contribution in [0, 0.1) is 0 Å². The number of rotatable bonds is 7. The first-order chi connectivity index (χ1) is 15.9. The molecule has 7 nitrogen and oxygen atoms in total. The van der Waals surface area contributed by atoms with Crippen molar-refractivity contribution in [1.82, 2.24) is 0 Å². The quantitative estimate of drug-likeness (QED) is 0.568. The summed E-state index contributed by atoms with van der Waals surface area (Å²) in [6, 6.07) is 19.1. The summed E-state index contributed by atoms with van der Waals surface area (Å²) in [5.74, 6) is 1.20. The van der Waals surface area contributed by atoms with Crippen molar-refractivity contribution in [2.45, 2.75) is 24.2 Å². The Kier molecular flexibility index (Phi) is 6.55. The van der Waals surface area contributed by atoms with E-state index < -0.39 is 10.0 Å². The topological polar surface area (TPSA) is 84.9 Å². The maximum absolute atomic E-state index is 13.3. The predicted molar refractivity (Wildman–Crippen MR) is 128 cm³/mol. The molecule has 33 heavy (non-hydrogen) atoms. The van der Waals surface area contributed by atoms with Gasteiger partial charge < -0.3 is 14.8 Å². The van der Waals surface area contributed by atoms with Crippen molar-refractivity contribution in [2.75, 3.05) is 30.4 Å². The molecule has 1 aliphatic heterocycles. The number of hydrogen-bond acceptors (Lipinski definition) is 5. The monoisotopic (exact) mass is 466 g/mol. The molecule has 1 N–H and O–H groups in total. The number of carbonyl (C=O) groups excluding carboxylic acids is 1. The molecule has 1 heterocycles. The van der Waals surface area contributed by atoms with Gasteiger partial charge in [0.15, 0.2) is 0 Å². The van der Waals surface area contributed by atoms with E-state index in [4.69, 9.17) is 9.47 Å². The Hall–Kier alpha value is -3.52. The number of anilines is 2. The van der Waals surface area contributed by atoms with Crippen molar-refractivity contribution in [2.24, 2.45) is 0 Å². The van der Waals surface area contributed by atoms with Gasteiger partial charge in [0.1, 0.15) is 11.5 Å². The number of aryl methyl sites for hydroxylation is 1. The van der Waals surface area contributed by atoms with Gasteiger partial charge in [-0.1, -0.05) is 12.1 Å². The first-order valence-corrected chi connectivity index (χ1v) is 12.1. The van der Waals surface area contributed by atoms with E-state index in [1.54, 1.807) is 43.5 Å². The van der Waals surface area contributed by atoms with Crippen molar-refractivity contribution in [1.29, 1.82) is 0 Å². The number of hydrogen-bond donors (Lipinski definition) is 1. The van der Waals surface area contributed by atoms with Crippen LogP contribution < -0.4 is 19.1 Å². The van der Waals surface area contributed by atoms with E-state index in [0.717, 1.165) is 23.3 Å². The summed E-state index contributed by atoms with van der Waals surface area (Å²) in [4.78, 5) is 12.7. The van der Waals surface area contributed by atoms with Crippen LogP contribution in [0.2, 0.25) is 0 Å². The zero-order chi connectivity index (χ0) is 23.4. The highest BCUT2D eigenvalue weighted by Gasteiger charge is 2.29. The maximum atomic E-state index is 13.3. The standard InChI is InChI=1S/C25H26N2O5S/c1-31-21-8-5-18(6-9-21)16-25(28)26-20-7-14-24-19(17-20)4-3-15-27(24)33(29,30)23-12-10-22(32-2)11-13-23/h5-14,17H,3-4,15-16H2,1-2H3,(H,26,28). The molecule has 0 saturated heterocycles. The summed E-state index contributed by atoms with van der Waals surface area (Å²) < 4.78 is 38.2. The third-order valence-corrected chi connectivity index (χ3v) is 7.44. The van der Waals surface area contributed by atoms with Crippen molar-refractivity contribution in [3.63, 3.8) is 0 Å². The van der Waals surface area contributed by atoms with Crippen LogP contribution in [0.1, 0.15) is 17.5 Å². The average Bonchev–Trinajstić information content (AvgIpc) is 2.84. The van der Waals surface area contributed by atoms with Crippen LogP contribution in [0.3, 0.4) is 0 Å². The van der Waals surface area contributed by atoms with Gasteiger partial charge in [0.25, 0.3) is 10.0 Å². The predicted octanol–water partition coefficient (Wildman–Crippen LogP) is 4.03. The molecule has 0 bridgehead atoms. The molecule has 3 aromatic carbocycles. The van der Waals surface area contributed by atoms with Crippen LogP contribution >= 0.6 is 0 Å². The molecule has 0 saturated carbocycles. The largest absolute Gasteiger partial charge is 0.497 e. The summed E-state index contributed by atoms with van der Waals surface area (Å²) in [6.45, 7) is 0.407. The second kappa shape index (κ2) is 9.54. The van der Waals surface area contributed by atoms with Crippen LogP contribution in [0.4, 0.5) is 11.4 Å². The highest BCUT2D eigenvalue weighted by Crippen LogP contribution is 2.34. The number of amides is 1. The number of benzene rings is 3. The molecular formula is C25H26N2O5S. The Balaban J connectivity index is 1.50. The van der Waals surface area contributed by atoms with E-state index in [1.165, 1.54) is 11.4 Å². The Morgan fingerprint density at radius 2 is 1.58 bits per heavy atom. The lowest BCUT2D eigenvalue weighted by Crippen LogP contribution is -2.35. The number of nitrogens with one attached hydrogen (secondary N) is 1. The molecule has 0 spiro atoms. The van der Waals surface area contributed by atoms with Crippen LogP contribution in [0.25, 0.3) is 0 Å². The molecule has 0 aliphatic carbocycles. The summed E-state index contributed by atoms with van der Waals surface area (Å²) in [7, 11) is -0.565. The summed E-state index contributed by atoms with van der Waals surface area (Å²) in [5, 5.41) is 2.92. The van der Waals surface area contributed by atoms with Gasteiger partial charge in [0, 0.05) is 12.2 Å². The van der Waals surface area contributed by atoms with Crippen molar-refractivity contribution >= 4 is 27.3 Å². The van der Waals surface area contributed by atoms with E-state index in [2.05, 4.69) is 5.32 Å². The summed E-state index contributed by atoms with van der Waals surface area (Å²) >= 11 is 0. The lowest BCUT2D eigenvalue weighted by molar-refractivity contribution is -0.115. The lowest BCUT2D eigenvalue weighted by atomic mass is 10.0. The van der Waals surface area contributed by atoms with Gasteiger partial charge in [0.2, 0.25) is 5.91 Å². The normalized spacial score (nSPS) is 13.2. The molecule has 1 amide bonds. The molecule has 0 fully saturated rings. The van der Waals surface area contributed by atoms with Gasteiger partial charge in [-0.05, 0) is 78.6 Å². The third kappa shape index (κ3) is 4.96. The number of ether oxygens (including phenoxy) is 2. The Morgan fingerprint density at radius 1 is 0.939 bits per heavy atom. The molecule has 0 radical (unpaired) electrons. The maximum Gasteiger partial charge on any atom is 0.264 e. The average molecular weight is 467 g/mol. The van der Waals surface area contributed by atoms with Crippen molar-refractivity contribution in [3.05, 3.63) is 77.9 Å². The fraction of sp³-hybridized carbons (Fsp3) is 0.240. The Labute approximate surface area is 194 Å². The third-order valence-electron chi connectivity index (χ3n) is 5.61. The van der Waals surface area contributed by atoms with E-state index in [1.807, 2.05) is 30.3 Å². The summed E-state index contributed by atoms with van der Waals surface area (Å²) in [6.07, 6.45) is 1.68. The first-order valence-electron chi connectivity index (χ1n) is 10.6. The molecule has 3 aromatic rings. The Morgan fingerprint density at radius 3 is 2.21 bits per heavy atom. The lowest BCUT2D eigenvalue weighted by Gasteiger charge is -2.31. The molecule has 0 aromatic heterocycles. The van der Waals surface area contributed by atoms with Crippen LogP contribution in [0.15, 0.2) is 71.6 Å². The second-order valence-electron chi connectivity index (χ2n) is 7.77. The molecule has 0 unspecified atom stereocenters. The van der Waals surface area contributed by atoms with Gasteiger partial charge in [0.05, 0.1) is 31.2 Å². The Bertz CT molecular complexity index is 1240. The van der Waals surface area contributed by atoms with E-state index >= 15 is 0 Å². The highest BCUT2D eigenvalue weighted by atomic mass is 32.2. The van der Waals surface area contributed by atoms with Gasteiger partial charge in [-0.15, -0.1) is 0 Å². The molecule has 8 heteroatoms. The second-order valence-corrected chi connectivity index (χ2v) is 9.64. The molecule has 172 valence electrons. The van der Waals surface area contributed by atoms with Crippen LogP contribution in [0.5, 0.6) is 11.5 Å². The van der Waals surface area contributed by atoms with Gasteiger partial charge >= 0.3 is 0 Å². The van der Waals surface area contributed by atoms with Crippen molar-refractivity contribution in [3.8, 4) is 11.5 Å². The molecule has 1 aliphatic rings. The zero-order valence-electron chi connectivity index (χ0n) is 18.6. The van der Waals surface area contributed by atoms with Crippen molar-refractivity contribution < 1.29 is 22.7 Å². The van der Waals surface area contributed by atoms with Crippen LogP contribution in [-0.4, -0.2) is 35.1 Å². The number of methoxy groups -OCH3 is 2. The number of carbonyl (C=O) groups is 1. The number of fused-ring (bicyclic) bond motifs is 1. The molecular weight excluding hydrogens is 440 g/mol. The highest BCUT2D eigenvalue weighted by molar-refractivity contribution is 7.92. The minimum Gasteiger partial charge on any atom is -0.497 e. The number of sulfonamides is 1. The van der Waals surface area contributed by atoms with E-state index in [0.29, 0.717) is 30.1 Å². The summed E-state index contributed by atoms with van der Waals surface area (Å²) in [5.41, 5.74) is 3.06. The van der Waals surface area contributed by atoms with Gasteiger partial charge in [-0.2, -0.15) is 0 Å². The SMILES string of the molecule is COc1ccc(CC(=O)Nc2ccc3c(c2)CCCN3S(=O)(=O)c2ccc(OC)cc2)cc1. The molecule has 0 atom stereocenters. The van der Waals surface area contributed by atoms with E-state index in [9.17, 15) is 13.2 Å². The van der Waals surface area contributed by atoms with Crippen LogP contribution in [-0.2, 0) is 27.7 Å². The molecule has 4 rings (SSSR count). The van der Waals surface area contributed by atoms with Gasteiger partial charge in [-0.25, -0.2) is 8.42 Å². The fourth-order valence-corrected chi connectivity index (χ4v) is 5.44. The van der Waals surface area contributed by atoms with Gasteiger partial charge in [-0.3, -0.25) is 9.10 Å². The smallest absolute Gasteiger partial charge is 0.264 e.